The number of aromatic nitrogens is 2. The Morgan fingerprint density at radius 2 is 2.04 bits per heavy atom. The van der Waals surface area contributed by atoms with Gasteiger partial charge in [0.2, 0.25) is 0 Å². The van der Waals surface area contributed by atoms with E-state index in [2.05, 4.69) is 9.97 Å². The third-order valence-corrected chi connectivity index (χ3v) is 4.59. The first kappa shape index (κ1) is 17.9. The van der Waals surface area contributed by atoms with Crippen molar-refractivity contribution in [1.29, 1.82) is 0 Å². The summed E-state index contributed by atoms with van der Waals surface area (Å²) in [6.45, 7) is 2.66. The van der Waals surface area contributed by atoms with Crippen LogP contribution >= 0.6 is 0 Å². The number of aromatic amines is 1. The van der Waals surface area contributed by atoms with Crippen LogP contribution in [-0.4, -0.2) is 27.8 Å². The summed E-state index contributed by atoms with van der Waals surface area (Å²) >= 11 is 0. The fraction of sp³-hybridized carbons (Fsp3) is 0.182. The van der Waals surface area contributed by atoms with Gasteiger partial charge in [-0.2, -0.15) is 0 Å². The molecule has 2 heterocycles. The van der Waals surface area contributed by atoms with E-state index in [0.29, 0.717) is 35.8 Å². The largest absolute Gasteiger partial charge is 0.489 e. The van der Waals surface area contributed by atoms with Crippen molar-refractivity contribution in [2.45, 2.75) is 20.1 Å². The van der Waals surface area contributed by atoms with Gasteiger partial charge in [-0.1, -0.05) is 30.3 Å². The molecule has 142 valence electrons. The minimum atomic E-state index is -0.118. The molecule has 2 aromatic heterocycles. The maximum absolute atomic E-state index is 13.0. The second-order valence-corrected chi connectivity index (χ2v) is 6.66. The summed E-state index contributed by atoms with van der Waals surface area (Å²) < 4.78 is 11.7. The Morgan fingerprint density at radius 1 is 1.21 bits per heavy atom. The summed E-state index contributed by atoms with van der Waals surface area (Å²) in [5.74, 6) is 1.90. The Bertz CT molecular complexity index is 1090. The zero-order chi connectivity index (χ0) is 19.5. The quantitative estimate of drug-likeness (QED) is 0.545. The monoisotopic (exact) mass is 375 g/mol. The summed E-state index contributed by atoms with van der Waals surface area (Å²) in [6, 6.07) is 15.5. The summed E-state index contributed by atoms with van der Waals surface area (Å²) in [4.78, 5) is 21.9. The smallest absolute Gasteiger partial charge is 0.258 e. The lowest BCUT2D eigenvalue weighted by Crippen LogP contribution is -2.27. The van der Waals surface area contributed by atoms with Crippen LogP contribution in [0, 0.1) is 6.92 Å². The molecule has 0 unspecified atom stereocenters. The molecule has 0 saturated carbocycles. The number of benzene rings is 2. The van der Waals surface area contributed by atoms with E-state index in [4.69, 9.17) is 9.15 Å². The highest BCUT2D eigenvalue weighted by atomic mass is 16.5. The van der Waals surface area contributed by atoms with Gasteiger partial charge < -0.3 is 19.0 Å². The lowest BCUT2D eigenvalue weighted by Gasteiger charge is -2.15. The van der Waals surface area contributed by atoms with Crippen LogP contribution in [0.2, 0.25) is 0 Å². The fourth-order valence-corrected chi connectivity index (χ4v) is 3.17. The van der Waals surface area contributed by atoms with Gasteiger partial charge in [0.15, 0.2) is 0 Å². The van der Waals surface area contributed by atoms with Crippen molar-refractivity contribution in [2.24, 2.45) is 0 Å². The number of hydrogen-bond donors (Lipinski definition) is 1. The summed E-state index contributed by atoms with van der Waals surface area (Å²) in [7, 11) is 1.75. The summed E-state index contributed by atoms with van der Waals surface area (Å²) in [5.41, 5.74) is 2.30. The van der Waals surface area contributed by atoms with Crippen LogP contribution in [0.3, 0.4) is 0 Å². The van der Waals surface area contributed by atoms with Gasteiger partial charge >= 0.3 is 0 Å². The standard InChI is InChI=1S/C22H21N3O3/c1-15-21(22(26)25(2)13-20-23-10-11-24-20)18-12-17(8-9-19(18)28-15)27-14-16-6-4-3-5-7-16/h3-12H,13-14H2,1-2H3,(H,23,24). The Labute approximate surface area is 162 Å². The maximum Gasteiger partial charge on any atom is 0.258 e. The Morgan fingerprint density at radius 3 is 2.79 bits per heavy atom. The van der Waals surface area contributed by atoms with Crippen LogP contribution < -0.4 is 4.74 Å². The number of nitrogens with one attached hydrogen (secondary N) is 1. The van der Waals surface area contributed by atoms with Gasteiger partial charge in [0, 0.05) is 24.8 Å². The van der Waals surface area contributed by atoms with E-state index in [1.54, 1.807) is 31.3 Å². The van der Waals surface area contributed by atoms with Gasteiger partial charge in [0.25, 0.3) is 5.91 Å². The minimum Gasteiger partial charge on any atom is -0.489 e. The molecule has 2 aromatic carbocycles. The zero-order valence-electron chi connectivity index (χ0n) is 15.8. The van der Waals surface area contributed by atoms with E-state index in [9.17, 15) is 4.79 Å². The number of ether oxygens (including phenoxy) is 1. The molecule has 0 aliphatic carbocycles. The Hall–Kier alpha value is -3.54. The van der Waals surface area contributed by atoms with Crippen LogP contribution in [0.25, 0.3) is 11.0 Å². The number of carbonyl (C=O) groups excluding carboxylic acids is 1. The second kappa shape index (κ2) is 7.60. The fourth-order valence-electron chi connectivity index (χ4n) is 3.17. The molecule has 6 heteroatoms. The number of H-pyrrole nitrogens is 1. The number of imidazole rings is 1. The van der Waals surface area contributed by atoms with Gasteiger partial charge in [-0.3, -0.25) is 4.79 Å². The molecule has 28 heavy (non-hydrogen) atoms. The summed E-state index contributed by atoms with van der Waals surface area (Å²) in [5, 5.41) is 0.749. The number of fused-ring (bicyclic) bond motifs is 1. The van der Waals surface area contributed by atoms with Crippen LogP contribution in [0.1, 0.15) is 27.5 Å². The van der Waals surface area contributed by atoms with Crippen molar-refractivity contribution in [3.63, 3.8) is 0 Å². The molecule has 0 saturated heterocycles. The van der Waals surface area contributed by atoms with Crippen molar-refractivity contribution < 1.29 is 13.9 Å². The molecule has 0 fully saturated rings. The van der Waals surface area contributed by atoms with E-state index in [0.717, 1.165) is 16.8 Å². The van der Waals surface area contributed by atoms with Crippen molar-refractivity contribution in [3.8, 4) is 5.75 Å². The first-order chi connectivity index (χ1) is 13.6. The van der Waals surface area contributed by atoms with E-state index >= 15 is 0 Å². The first-order valence-corrected chi connectivity index (χ1v) is 9.05. The van der Waals surface area contributed by atoms with Gasteiger partial charge in [0.1, 0.15) is 29.5 Å². The topological polar surface area (TPSA) is 71.4 Å². The second-order valence-electron chi connectivity index (χ2n) is 6.66. The lowest BCUT2D eigenvalue weighted by molar-refractivity contribution is 0.0782. The highest BCUT2D eigenvalue weighted by molar-refractivity contribution is 6.07. The van der Waals surface area contributed by atoms with E-state index < -0.39 is 0 Å². The van der Waals surface area contributed by atoms with Crippen molar-refractivity contribution in [2.75, 3.05) is 7.05 Å². The first-order valence-electron chi connectivity index (χ1n) is 9.05. The Kier molecular flexibility index (Phi) is 4.85. The number of amides is 1. The molecule has 6 nitrogen and oxygen atoms in total. The molecule has 0 aliphatic heterocycles. The SMILES string of the molecule is Cc1oc2ccc(OCc3ccccc3)cc2c1C(=O)N(C)Cc1ncc[nH]1. The number of aryl methyl sites for hydroxylation is 1. The zero-order valence-corrected chi connectivity index (χ0v) is 15.8. The van der Waals surface area contributed by atoms with Gasteiger partial charge in [-0.15, -0.1) is 0 Å². The van der Waals surface area contributed by atoms with Crippen molar-refractivity contribution in [3.05, 3.63) is 83.6 Å². The Balaban J connectivity index is 1.58. The van der Waals surface area contributed by atoms with Crippen LogP contribution in [0.5, 0.6) is 5.75 Å². The molecular formula is C22H21N3O3. The predicted molar refractivity (Wildman–Crippen MR) is 106 cm³/mol. The minimum absolute atomic E-state index is 0.118. The van der Waals surface area contributed by atoms with Gasteiger partial charge in [-0.05, 0) is 30.7 Å². The van der Waals surface area contributed by atoms with Crippen LogP contribution in [-0.2, 0) is 13.2 Å². The molecule has 0 spiro atoms. The molecule has 0 bridgehead atoms. The summed E-state index contributed by atoms with van der Waals surface area (Å²) in [6.07, 6.45) is 3.41. The molecule has 0 radical (unpaired) electrons. The molecule has 1 amide bonds. The number of carbonyl (C=O) groups is 1. The van der Waals surface area contributed by atoms with Crippen LogP contribution in [0.4, 0.5) is 0 Å². The number of hydrogen-bond acceptors (Lipinski definition) is 4. The van der Waals surface area contributed by atoms with Gasteiger partial charge in [0.05, 0.1) is 12.1 Å². The highest BCUT2D eigenvalue weighted by Crippen LogP contribution is 2.30. The van der Waals surface area contributed by atoms with E-state index in [1.807, 2.05) is 48.5 Å². The average molecular weight is 375 g/mol. The predicted octanol–water partition coefficient (Wildman–Crippen LogP) is 4.32. The van der Waals surface area contributed by atoms with Gasteiger partial charge in [-0.25, -0.2) is 4.98 Å². The third-order valence-electron chi connectivity index (χ3n) is 4.59. The van der Waals surface area contributed by atoms with Crippen molar-refractivity contribution in [1.82, 2.24) is 14.9 Å². The maximum atomic E-state index is 13.0. The molecule has 4 rings (SSSR count). The average Bonchev–Trinajstić information content (AvgIpc) is 3.33. The molecule has 0 aliphatic rings. The number of rotatable bonds is 6. The molecular weight excluding hydrogens is 354 g/mol. The number of furan rings is 1. The van der Waals surface area contributed by atoms with Crippen molar-refractivity contribution >= 4 is 16.9 Å². The molecule has 0 atom stereocenters. The van der Waals surface area contributed by atoms with E-state index in [1.165, 1.54) is 0 Å². The molecule has 4 aromatic rings. The lowest BCUT2D eigenvalue weighted by atomic mass is 10.1. The number of nitrogens with zero attached hydrogens (tertiary/aromatic N) is 2. The molecule has 1 N–H and O–H groups in total. The third kappa shape index (κ3) is 3.62. The van der Waals surface area contributed by atoms with E-state index in [-0.39, 0.29) is 5.91 Å². The van der Waals surface area contributed by atoms with Crippen LogP contribution in [0.15, 0.2) is 65.3 Å². The highest BCUT2D eigenvalue weighted by Gasteiger charge is 2.22. The normalized spacial score (nSPS) is 10.9.